The normalized spacial score (nSPS) is 15.7. The average Bonchev–Trinajstić information content (AvgIpc) is 3.20. The Labute approximate surface area is 244 Å². The van der Waals surface area contributed by atoms with Crippen molar-refractivity contribution in [1.82, 2.24) is 19.9 Å². The molecule has 0 aliphatic carbocycles. The van der Waals surface area contributed by atoms with Crippen LogP contribution < -0.4 is 19.9 Å². The molecule has 4 heterocycles. The van der Waals surface area contributed by atoms with Crippen LogP contribution in [0.4, 0.5) is 36.7 Å². The molecular formula is C30H37F2N7O3. The Morgan fingerprint density at radius 2 is 1.86 bits per heavy atom. The van der Waals surface area contributed by atoms with E-state index in [1.807, 2.05) is 51.7 Å². The number of carbonyl (C=O) groups excluding carboxylic acids is 1. The van der Waals surface area contributed by atoms with E-state index >= 15 is 4.39 Å². The lowest BCUT2D eigenvalue weighted by Gasteiger charge is -2.34. The van der Waals surface area contributed by atoms with Crippen LogP contribution in [0.2, 0.25) is 0 Å². The van der Waals surface area contributed by atoms with Crippen LogP contribution in [-0.2, 0) is 4.74 Å². The van der Waals surface area contributed by atoms with Crippen molar-refractivity contribution in [2.45, 2.75) is 52.7 Å². The molecule has 224 valence electrons. The van der Waals surface area contributed by atoms with Gasteiger partial charge in [-0.05, 0) is 59.2 Å². The molecule has 2 aliphatic rings. The van der Waals surface area contributed by atoms with Crippen molar-refractivity contribution in [3.63, 3.8) is 0 Å². The van der Waals surface area contributed by atoms with Crippen LogP contribution in [0.5, 0.6) is 5.75 Å². The van der Waals surface area contributed by atoms with Crippen LogP contribution in [0, 0.1) is 11.6 Å². The van der Waals surface area contributed by atoms with E-state index in [0.29, 0.717) is 44.3 Å². The number of amides is 1. The van der Waals surface area contributed by atoms with E-state index < -0.39 is 17.2 Å². The molecule has 1 aromatic carbocycles. The molecule has 0 radical (unpaired) electrons. The molecule has 0 unspecified atom stereocenters. The first-order valence-electron chi connectivity index (χ1n) is 14.2. The van der Waals surface area contributed by atoms with Gasteiger partial charge in [0.15, 0.2) is 17.4 Å². The van der Waals surface area contributed by atoms with Crippen LogP contribution in [0.15, 0.2) is 36.7 Å². The average molecular weight is 582 g/mol. The number of carbonyl (C=O) groups is 1. The predicted molar refractivity (Wildman–Crippen MR) is 158 cm³/mol. The molecule has 42 heavy (non-hydrogen) atoms. The molecule has 1 amide bonds. The van der Waals surface area contributed by atoms with Gasteiger partial charge in [-0.2, -0.15) is 0 Å². The van der Waals surface area contributed by atoms with Crippen LogP contribution in [0.1, 0.15) is 41.0 Å². The van der Waals surface area contributed by atoms with Gasteiger partial charge in [-0.15, -0.1) is 0 Å². The Kier molecular flexibility index (Phi) is 8.33. The number of hydrogen-bond acceptors (Lipinski definition) is 9. The van der Waals surface area contributed by atoms with Gasteiger partial charge >= 0.3 is 6.09 Å². The molecular weight excluding hydrogens is 544 g/mol. The topological polar surface area (TPSA) is 96.0 Å². The van der Waals surface area contributed by atoms with Crippen molar-refractivity contribution in [3.05, 3.63) is 48.3 Å². The van der Waals surface area contributed by atoms with Gasteiger partial charge in [0.05, 0.1) is 18.4 Å². The minimum Gasteiger partial charge on any atom is -0.486 e. The summed E-state index contributed by atoms with van der Waals surface area (Å²) in [6.07, 6.45) is 3.19. The maximum absolute atomic E-state index is 15.0. The SMILES string of the molecule is CC(C)N1CCOc2c(F)cc(-c3nc(Nc4cc(N5CCCN(C(=O)OC(C)(C)C)CC5)ccn4)ncc3F)cc21. The van der Waals surface area contributed by atoms with Gasteiger partial charge in [-0.1, -0.05) is 0 Å². The van der Waals surface area contributed by atoms with Crippen molar-refractivity contribution in [1.29, 1.82) is 0 Å². The molecule has 2 aromatic heterocycles. The molecule has 1 fully saturated rings. The number of nitrogens with one attached hydrogen (secondary N) is 1. The fraction of sp³-hybridized carbons (Fsp3) is 0.467. The monoisotopic (exact) mass is 581 g/mol. The summed E-state index contributed by atoms with van der Waals surface area (Å²) in [7, 11) is 0. The summed E-state index contributed by atoms with van der Waals surface area (Å²) in [5.41, 5.74) is 1.18. The minimum atomic E-state index is -0.673. The second-order valence-electron chi connectivity index (χ2n) is 11.7. The van der Waals surface area contributed by atoms with E-state index in [2.05, 4.69) is 25.2 Å². The molecule has 5 rings (SSSR count). The highest BCUT2D eigenvalue weighted by Gasteiger charge is 2.27. The van der Waals surface area contributed by atoms with E-state index in [4.69, 9.17) is 9.47 Å². The van der Waals surface area contributed by atoms with Gasteiger partial charge in [0.1, 0.15) is 23.7 Å². The first-order valence-corrected chi connectivity index (χ1v) is 14.2. The van der Waals surface area contributed by atoms with Gasteiger partial charge < -0.3 is 29.5 Å². The molecule has 1 saturated heterocycles. The lowest BCUT2D eigenvalue weighted by atomic mass is 10.1. The van der Waals surface area contributed by atoms with Crippen LogP contribution in [0.25, 0.3) is 11.3 Å². The summed E-state index contributed by atoms with van der Waals surface area (Å²) in [5.74, 6) is -0.492. The van der Waals surface area contributed by atoms with Gasteiger partial charge in [0.25, 0.3) is 0 Å². The number of pyridine rings is 1. The van der Waals surface area contributed by atoms with Crippen molar-refractivity contribution in [2.75, 3.05) is 54.4 Å². The number of hydrogen-bond donors (Lipinski definition) is 1. The second-order valence-corrected chi connectivity index (χ2v) is 11.7. The number of ether oxygens (including phenoxy) is 2. The Bertz CT molecular complexity index is 1450. The van der Waals surface area contributed by atoms with Gasteiger partial charge in [0.2, 0.25) is 5.95 Å². The highest BCUT2D eigenvalue weighted by Crippen LogP contribution is 2.39. The largest absolute Gasteiger partial charge is 0.486 e. The van der Waals surface area contributed by atoms with E-state index in [0.717, 1.165) is 24.8 Å². The third-order valence-corrected chi connectivity index (χ3v) is 7.05. The molecule has 0 bridgehead atoms. The number of rotatable bonds is 5. The zero-order valence-corrected chi connectivity index (χ0v) is 24.7. The van der Waals surface area contributed by atoms with E-state index in [-0.39, 0.29) is 35.1 Å². The highest BCUT2D eigenvalue weighted by atomic mass is 19.1. The zero-order valence-electron chi connectivity index (χ0n) is 24.7. The van der Waals surface area contributed by atoms with E-state index in [9.17, 15) is 9.18 Å². The Morgan fingerprint density at radius 3 is 2.62 bits per heavy atom. The van der Waals surface area contributed by atoms with Gasteiger partial charge in [-0.25, -0.2) is 28.5 Å². The molecule has 12 heteroatoms. The fourth-order valence-corrected chi connectivity index (χ4v) is 5.09. The fourth-order valence-electron chi connectivity index (χ4n) is 5.09. The van der Waals surface area contributed by atoms with Crippen LogP contribution in [0.3, 0.4) is 0 Å². The molecule has 3 aromatic rings. The van der Waals surface area contributed by atoms with Crippen LogP contribution >= 0.6 is 0 Å². The number of nitrogens with zero attached hydrogens (tertiary/aromatic N) is 6. The lowest BCUT2D eigenvalue weighted by Crippen LogP contribution is -2.39. The first kappa shape index (κ1) is 29.3. The molecule has 0 saturated carbocycles. The zero-order chi connectivity index (χ0) is 30.0. The van der Waals surface area contributed by atoms with Gasteiger partial charge in [-0.3, -0.25) is 0 Å². The standard InChI is InChI=1S/C30H37F2N7O3/c1-19(2)39-13-14-41-27-22(31)15-20(16-24(27)39)26-23(32)18-34-28(36-26)35-25-17-21(7-8-33-25)37-9-6-10-38(12-11-37)29(40)42-30(3,4)5/h7-8,15-19H,6,9-14H2,1-5H3,(H,33,34,35,36). The third kappa shape index (κ3) is 6.63. The van der Waals surface area contributed by atoms with Gasteiger partial charge in [0, 0.05) is 55.7 Å². The molecule has 10 nitrogen and oxygen atoms in total. The quantitative estimate of drug-likeness (QED) is 0.412. The Hall–Kier alpha value is -4.22. The summed E-state index contributed by atoms with van der Waals surface area (Å²) in [6.45, 7) is 13.1. The van der Waals surface area contributed by atoms with E-state index in [1.54, 1.807) is 17.2 Å². The minimum absolute atomic E-state index is 0.0330. The Morgan fingerprint density at radius 1 is 1.05 bits per heavy atom. The number of halogens is 2. The summed E-state index contributed by atoms with van der Waals surface area (Å²) < 4.78 is 41.1. The lowest BCUT2D eigenvalue weighted by molar-refractivity contribution is 0.0263. The summed E-state index contributed by atoms with van der Waals surface area (Å²) in [5, 5.41) is 3.05. The maximum atomic E-state index is 15.0. The Balaban J connectivity index is 1.33. The molecule has 1 N–H and O–H groups in total. The molecule has 0 spiro atoms. The van der Waals surface area contributed by atoms with E-state index in [1.165, 1.54) is 6.07 Å². The highest BCUT2D eigenvalue weighted by molar-refractivity contribution is 5.73. The maximum Gasteiger partial charge on any atom is 0.410 e. The summed E-state index contributed by atoms with van der Waals surface area (Å²) in [4.78, 5) is 31.3. The third-order valence-electron chi connectivity index (χ3n) is 7.05. The number of aromatic nitrogens is 3. The van der Waals surface area contributed by atoms with Crippen molar-refractivity contribution in [2.24, 2.45) is 0 Å². The molecule has 2 aliphatic heterocycles. The number of benzene rings is 1. The van der Waals surface area contributed by atoms with Crippen LogP contribution in [-0.4, -0.2) is 76.9 Å². The number of anilines is 4. The van der Waals surface area contributed by atoms with Crippen molar-refractivity contribution >= 4 is 29.2 Å². The molecule has 0 atom stereocenters. The smallest absolute Gasteiger partial charge is 0.410 e. The summed E-state index contributed by atoms with van der Waals surface area (Å²) in [6, 6.07) is 6.79. The summed E-state index contributed by atoms with van der Waals surface area (Å²) >= 11 is 0. The predicted octanol–water partition coefficient (Wildman–Crippen LogP) is 5.61. The van der Waals surface area contributed by atoms with Crippen molar-refractivity contribution in [3.8, 4) is 17.0 Å². The van der Waals surface area contributed by atoms with Crippen molar-refractivity contribution < 1.29 is 23.0 Å². The number of fused-ring (bicyclic) bond motifs is 1. The second kappa shape index (κ2) is 11.9. The first-order chi connectivity index (χ1) is 20.0.